The molecule has 26 heavy (non-hydrogen) atoms. The predicted molar refractivity (Wildman–Crippen MR) is 122 cm³/mol. The zero-order valence-corrected chi connectivity index (χ0v) is 19.5. The maximum absolute atomic E-state index is 9.47. The van der Waals surface area contributed by atoms with E-state index in [1.165, 1.54) is 37.1 Å². The van der Waals surface area contributed by atoms with Crippen LogP contribution in [0.4, 0.5) is 0 Å². The Kier molecular flexibility index (Phi) is 11.0. The predicted octanol–water partition coefficient (Wildman–Crippen LogP) is 4.27. The average molecular weight is 494 g/mol. The number of hydrogen-bond acceptors (Lipinski definition) is 4. The van der Waals surface area contributed by atoms with Crippen LogP contribution < -0.4 is 10.6 Å². The molecular formula is C19H35IN4OS. The number of halogens is 1. The summed E-state index contributed by atoms with van der Waals surface area (Å²) in [5.41, 5.74) is 1.25. The minimum absolute atomic E-state index is 0. The molecule has 1 heterocycles. The number of nitrogens with one attached hydrogen (secondary N) is 2. The van der Waals surface area contributed by atoms with Crippen LogP contribution in [0.15, 0.2) is 10.4 Å². The molecule has 7 heteroatoms. The molecule has 5 nitrogen and oxygen atoms in total. The van der Waals surface area contributed by atoms with Gasteiger partial charge in [-0.25, -0.2) is 9.98 Å². The van der Waals surface area contributed by atoms with Gasteiger partial charge in [0.2, 0.25) is 0 Å². The van der Waals surface area contributed by atoms with Crippen LogP contribution in [-0.4, -0.2) is 35.7 Å². The largest absolute Gasteiger partial charge is 0.396 e. The van der Waals surface area contributed by atoms with Crippen LogP contribution in [0.1, 0.15) is 75.9 Å². The quantitative estimate of drug-likeness (QED) is 0.287. The maximum Gasteiger partial charge on any atom is 0.191 e. The third-order valence-corrected chi connectivity index (χ3v) is 6.19. The number of rotatable bonds is 8. The van der Waals surface area contributed by atoms with E-state index in [0.717, 1.165) is 31.2 Å². The molecule has 1 saturated carbocycles. The minimum Gasteiger partial charge on any atom is -0.396 e. The van der Waals surface area contributed by atoms with Gasteiger partial charge in [0, 0.05) is 31.0 Å². The van der Waals surface area contributed by atoms with Crippen LogP contribution in [0.25, 0.3) is 0 Å². The Morgan fingerprint density at radius 3 is 2.62 bits per heavy atom. The van der Waals surface area contributed by atoms with E-state index >= 15 is 0 Å². The van der Waals surface area contributed by atoms with Crippen molar-refractivity contribution >= 4 is 41.3 Å². The van der Waals surface area contributed by atoms with Crippen molar-refractivity contribution in [3.05, 3.63) is 16.1 Å². The van der Waals surface area contributed by atoms with E-state index in [0.29, 0.717) is 12.5 Å². The van der Waals surface area contributed by atoms with Gasteiger partial charge in [-0.3, -0.25) is 0 Å². The van der Waals surface area contributed by atoms with Gasteiger partial charge >= 0.3 is 0 Å². The van der Waals surface area contributed by atoms with Crippen molar-refractivity contribution in [2.75, 3.05) is 19.7 Å². The molecule has 0 aliphatic heterocycles. The zero-order chi connectivity index (χ0) is 18.1. The molecule has 1 fully saturated rings. The first kappa shape index (κ1) is 23.6. The van der Waals surface area contributed by atoms with E-state index in [-0.39, 0.29) is 36.0 Å². The number of aliphatic hydroxyl groups excluding tert-OH is 1. The fourth-order valence-corrected chi connectivity index (χ4v) is 4.31. The number of thiazole rings is 1. The minimum atomic E-state index is 0. The molecule has 0 amide bonds. The Morgan fingerprint density at radius 1 is 1.31 bits per heavy atom. The molecule has 1 aromatic heterocycles. The highest BCUT2D eigenvalue weighted by atomic mass is 127. The van der Waals surface area contributed by atoms with Gasteiger partial charge in [0.05, 0.1) is 17.2 Å². The van der Waals surface area contributed by atoms with Crippen LogP contribution >= 0.6 is 35.3 Å². The Balaban J connectivity index is 0.00000338. The van der Waals surface area contributed by atoms with Crippen molar-refractivity contribution in [2.24, 2.45) is 10.4 Å². The summed E-state index contributed by atoms with van der Waals surface area (Å²) in [5, 5.41) is 19.6. The second-order valence-corrected chi connectivity index (χ2v) is 8.30. The number of aromatic nitrogens is 1. The van der Waals surface area contributed by atoms with Crippen LogP contribution in [0.5, 0.6) is 0 Å². The summed E-state index contributed by atoms with van der Waals surface area (Å²) in [6, 6.07) is 0. The Bertz CT molecular complexity index is 536. The number of aliphatic hydroxyl groups is 1. The first-order chi connectivity index (χ1) is 12.1. The fraction of sp³-hybridized carbons (Fsp3) is 0.789. The first-order valence-corrected chi connectivity index (χ1v) is 10.5. The van der Waals surface area contributed by atoms with Crippen molar-refractivity contribution in [3.63, 3.8) is 0 Å². The second kappa shape index (κ2) is 12.1. The summed E-state index contributed by atoms with van der Waals surface area (Å²) in [6.07, 6.45) is 7.14. The molecule has 0 bridgehead atoms. The summed E-state index contributed by atoms with van der Waals surface area (Å²) in [7, 11) is 0. The molecule has 1 aliphatic carbocycles. The lowest BCUT2D eigenvalue weighted by Gasteiger charge is -2.37. The molecule has 0 atom stereocenters. The van der Waals surface area contributed by atoms with Gasteiger partial charge in [-0.1, -0.05) is 33.1 Å². The van der Waals surface area contributed by atoms with Gasteiger partial charge in [-0.05, 0) is 31.6 Å². The van der Waals surface area contributed by atoms with Crippen LogP contribution in [0.2, 0.25) is 0 Å². The van der Waals surface area contributed by atoms with Gasteiger partial charge in [-0.2, -0.15) is 0 Å². The lowest BCUT2D eigenvalue weighted by atomic mass is 9.72. The zero-order valence-electron chi connectivity index (χ0n) is 16.4. The third-order valence-electron chi connectivity index (χ3n) is 4.99. The smallest absolute Gasteiger partial charge is 0.191 e. The molecule has 0 unspecified atom stereocenters. The molecule has 0 saturated heterocycles. The second-order valence-electron chi connectivity index (χ2n) is 7.41. The molecule has 150 valence electrons. The van der Waals surface area contributed by atoms with E-state index in [2.05, 4.69) is 41.8 Å². The number of hydrogen-bond donors (Lipinski definition) is 3. The van der Waals surface area contributed by atoms with E-state index < -0.39 is 0 Å². The van der Waals surface area contributed by atoms with Crippen LogP contribution in [-0.2, 0) is 6.54 Å². The molecule has 3 N–H and O–H groups in total. The highest BCUT2D eigenvalue weighted by Crippen LogP contribution is 2.38. The normalized spacial score (nSPS) is 17.0. The van der Waals surface area contributed by atoms with Crippen molar-refractivity contribution in [2.45, 2.75) is 71.8 Å². The average Bonchev–Trinajstić information content (AvgIpc) is 3.08. The topological polar surface area (TPSA) is 69.5 Å². The Labute approximate surface area is 179 Å². The van der Waals surface area contributed by atoms with Crippen molar-refractivity contribution < 1.29 is 5.11 Å². The molecule has 0 aromatic carbocycles. The highest BCUT2D eigenvalue weighted by molar-refractivity contribution is 14.0. The van der Waals surface area contributed by atoms with Crippen molar-refractivity contribution in [3.8, 4) is 0 Å². The van der Waals surface area contributed by atoms with Gasteiger partial charge < -0.3 is 15.7 Å². The van der Waals surface area contributed by atoms with Crippen molar-refractivity contribution in [1.29, 1.82) is 0 Å². The maximum atomic E-state index is 9.47. The summed E-state index contributed by atoms with van der Waals surface area (Å²) in [6.45, 7) is 9.02. The van der Waals surface area contributed by atoms with Gasteiger partial charge in [0.25, 0.3) is 0 Å². The molecule has 1 aliphatic rings. The van der Waals surface area contributed by atoms with E-state index in [1.807, 2.05) is 0 Å². The summed E-state index contributed by atoms with van der Waals surface area (Å²) >= 11 is 1.72. The Hall–Kier alpha value is -0.410. The molecule has 0 spiro atoms. The van der Waals surface area contributed by atoms with Crippen LogP contribution in [0, 0.1) is 5.41 Å². The standard InChI is InChI=1S/C19H34N4OS.HI/c1-4-20-18(21-12-16-13-25-17(23-16)15(2)3)22-14-19(10-11-24)8-6-5-7-9-19;/h13,15,24H,4-12,14H2,1-3H3,(H2,20,21,22);1H. The number of guanidine groups is 1. The summed E-state index contributed by atoms with van der Waals surface area (Å²) in [5.74, 6) is 1.32. The molecular weight excluding hydrogens is 459 g/mol. The molecule has 1 aromatic rings. The summed E-state index contributed by atoms with van der Waals surface area (Å²) in [4.78, 5) is 9.37. The van der Waals surface area contributed by atoms with E-state index in [4.69, 9.17) is 4.99 Å². The van der Waals surface area contributed by atoms with E-state index in [1.54, 1.807) is 11.3 Å². The number of aliphatic imine (C=N–C) groups is 1. The third kappa shape index (κ3) is 7.31. The lowest BCUT2D eigenvalue weighted by molar-refractivity contribution is 0.131. The van der Waals surface area contributed by atoms with E-state index in [9.17, 15) is 5.11 Å². The first-order valence-electron chi connectivity index (χ1n) is 9.66. The Morgan fingerprint density at radius 2 is 2.04 bits per heavy atom. The SMILES string of the molecule is CCNC(=NCc1csc(C(C)C)n1)NCC1(CCO)CCCCC1.I. The van der Waals surface area contributed by atoms with Crippen LogP contribution in [0.3, 0.4) is 0 Å². The molecule has 0 radical (unpaired) electrons. The highest BCUT2D eigenvalue weighted by Gasteiger charge is 2.31. The number of nitrogens with zero attached hydrogens (tertiary/aromatic N) is 2. The monoisotopic (exact) mass is 494 g/mol. The lowest BCUT2D eigenvalue weighted by Crippen LogP contribution is -2.44. The fourth-order valence-electron chi connectivity index (χ4n) is 3.49. The van der Waals surface area contributed by atoms with Gasteiger partial charge in [0.1, 0.15) is 0 Å². The van der Waals surface area contributed by atoms with Gasteiger partial charge in [0.15, 0.2) is 5.96 Å². The van der Waals surface area contributed by atoms with Gasteiger partial charge in [-0.15, -0.1) is 35.3 Å². The molecule has 2 rings (SSSR count). The van der Waals surface area contributed by atoms with Crippen molar-refractivity contribution in [1.82, 2.24) is 15.6 Å². The summed E-state index contributed by atoms with van der Waals surface area (Å²) < 4.78 is 0.